The molecule has 7 nitrogen and oxygen atoms in total. The van der Waals surface area contributed by atoms with Gasteiger partial charge < -0.3 is 9.72 Å². The fourth-order valence-electron chi connectivity index (χ4n) is 2.71. The summed E-state index contributed by atoms with van der Waals surface area (Å²) in [5, 5.41) is 10.9. The molecule has 0 fully saturated rings. The molecule has 0 amide bonds. The predicted octanol–water partition coefficient (Wildman–Crippen LogP) is 3.67. The summed E-state index contributed by atoms with van der Waals surface area (Å²) in [6.45, 7) is 5.47. The molecule has 1 heterocycles. The van der Waals surface area contributed by atoms with Gasteiger partial charge in [-0.1, -0.05) is 24.8 Å². The summed E-state index contributed by atoms with van der Waals surface area (Å²) in [7, 11) is 2.00. The molecule has 0 atom stereocenters. The molecule has 134 valence electrons. The number of nitro benzene ring substituents is 1. The highest BCUT2D eigenvalue weighted by Crippen LogP contribution is 2.20. The Morgan fingerprint density at radius 1 is 1.27 bits per heavy atom. The number of nitrogens with zero attached hydrogens (tertiary/aromatic N) is 3. The highest BCUT2D eigenvalue weighted by Gasteiger charge is 2.11. The third kappa shape index (κ3) is 4.25. The van der Waals surface area contributed by atoms with Crippen LogP contribution in [0.3, 0.4) is 0 Å². The van der Waals surface area contributed by atoms with Crippen molar-refractivity contribution in [2.24, 2.45) is 0 Å². The third-order valence-electron chi connectivity index (χ3n) is 3.89. The fourth-order valence-corrected chi connectivity index (χ4v) is 2.71. The van der Waals surface area contributed by atoms with Gasteiger partial charge in [-0.3, -0.25) is 15.0 Å². The van der Waals surface area contributed by atoms with E-state index in [0.29, 0.717) is 18.7 Å². The number of ether oxygens (including phenoxy) is 1. The maximum atomic E-state index is 10.9. The third-order valence-corrected chi connectivity index (χ3v) is 3.89. The molecule has 26 heavy (non-hydrogen) atoms. The van der Waals surface area contributed by atoms with Crippen molar-refractivity contribution in [2.75, 3.05) is 13.7 Å². The summed E-state index contributed by atoms with van der Waals surface area (Å²) >= 11 is 0. The van der Waals surface area contributed by atoms with Gasteiger partial charge in [0.05, 0.1) is 22.5 Å². The molecule has 3 aromatic rings. The van der Waals surface area contributed by atoms with Crippen LogP contribution in [-0.4, -0.2) is 33.4 Å². The van der Waals surface area contributed by atoms with Crippen LogP contribution in [0.15, 0.2) is 55.1 Å². The molecule has 0 aliphatic heterocycles. The molecule has 0 bridgehead atoms. The van der Waals surface area contributed by atoms with Gasteiger partial charge >= 0.3 is 0 Å². The zero-order valence-corrected chi connectivity index (χ0v) is 14.5. The first-order chi connectivity index (χ1) is 12.5. The van der Waals surface area contributed by atoms with Gasteiger partial charge in [0.25, 0.3) is 5.69 Å². The SMILES string of the molecule is C=CCOc1ccc(CN(C)Cc2nc3ccc([N+](=O)[O-])cc3[nH]2)cc1. The van der Waals surface area contributed by atoms with Crippen molar-refractivity contribution in [3.63, 3.8) is 0 Å². The number of nitro groups is 1. The summed E-state index contributed by atoms with van der Waals surface area (Å²) in [6, 6.07) is 12.6. The number of fused-ring (bicyclic) bond motifs is 1. The molecule has 2 aromatic carbocycles. The Hall–Kier alpha value is -3.19. The van der Waals surface area contributed by atoms with Crippen LogP contribution in [0.25, 0.3) is 11.0 Å². The normalized spacial score (nSPS) is 11.0. The molecule has 0 saturated heterocycles. The van der Waals surface area contributed by atoms with E-state index in [-0.39, 0.29) is 5.69 Å². The lowest BCUT2D eigenvalue weighted by Crippen LogP contribution is -2.18. The number of rotatable bonds is 8. The first-order valence-corrected chi connectivity index (χ1v) is 8.19. The molecular weight excluding hydrogens is 332 g/mol. The molecule has 1 aromatic heterocycles. The molecular formula is C19H20N4O3. The quantitative estimate of drug-likeness (QED) is 0.380. The van der Waals surface area contributed by atoms with Gasteiger partial charge in [0, 0.05) is 18.7 Å². The molecule has 0 radical (unpaired) electrons. The highest BCUT2D eigenvalue weighted by molar-refractivity contribution is 5.77. The maximum Gasteiger partial charge on any atom is 0.271 e. The van der Waals surface area contributed by atoms with E-state index in [4.69, 9.17) is 4.74 Å². The number of aromatic nitrogens is 2. The van der Waals surface area contributed by atoms with Gasteiger partial charge in [-0.2, -0.15) is 0 Å². The molecule has 1 N–H and O–H groups in total. The van der Waals surface area contributed by atoms with Crippen molar-refractivity contribution in [1.82, 2.24) is 14.9 Å². The average Bonchev–Trinajstić information content (AvgIpc) is 3.02. The van der Waals surface area contributed by atoms with Gasteiger partial charge in [0.2, 0.25) is 0 Å². The minimum Gasteiger partial charge on any atom is -0.490 e. The predicted molar refractivity (Wildman–Crippen MR) is 100 cm³/mol. The molecule has 0 saturated carbocycles. The van der Waals surface area contributed by atoms with Crippen LogP contribution in [0, 0.1) is 10.1 Å². The van der Waals surface area contributed by atoms with Crippen LogP contribution < -0.4 is 4.74 Å². The lowest BCUT2D eigenvalue weighted by Gasteiger charge is -2.15. The number of hydrogen-bond donors (Lipinski definition) is 1. The van der Waals surface area contributed by atoms with Crippen molar-refractivity contribution < 1.29 is 9.66 Å². The van der Waals surface area contributed by atoms with Crippen LogP contribution in [0.4, 0.5) is 5.69 Å². The monoisotopic (exact) mass is 352 g/mol. The van der Waals surface area contributed by atoms with E-state index in [1.807, 2.05) is 31.3 Å². The first kappa shape index (κ1) is 17.6. The summed E-state index contributed by atoms with van der Waals surface area (Å²) in [4.78, 5) is 20.2. The smallest absolute Gasteiger partial charge is 0.271 e. The van der Waals surface area contributed by atoms with Crippen LogP contribution in [0.1, 0.15) is 11.4 Å². The Labute approximate surface area is 151 Å². The Bertz CT molecular complexity index is 918. The molecule has 0 unspecified atom stereocenters. The second kappa shape index (κ2) is 7.79. The van der Waals surface area contributed by atoms with E-state index < -0.39 is 4.92 Å². The van der Waals surface area contributed by atoms with E-state index in [1.165, 1.54) is 12.1 Å². The van der Waals surface area contributed by atoms with E-state index in [1.54, 1.807) is 12.1 Å². The van der Waals surface area contributed by atoms with Crippen molar-refractivity contribution in [2.45, 2.75) is 13.1 Å². The summed E-state index contributed by atoms with van der Waals surface area (Å²) in [6.07, 6.45) is 1.71. The summed E-state index contributed by atoms with van der Waals surface area (Å²) < 4.78 is 5.48. The fraction of sp³-hybridized carbons (Fsp3) is 0.211. The first-order valence-electron chi connectivity index (χ1n) is 8.19. The van der Waals surface area contributed by atoms with Gasteiger partial charge in [-0.25, -0.2) is 4.98 Å². The van der Waals surface area contributed by atoms with Gasteiger partial charge in [0.1, 0.15) is 18.2 Å². The summed E-state index contributed by atoms with van der Waals surface area (Å²) in [5.74, 6) is 1.59. The van der Waals surface area contributed by atoms with E-state index in [0.717, 1.165) is 29.2 Å². The van der Waals surface area contributed by atoms with Gasteiger partial charge in [0.15, 0.2) is 0 Å². The molecule has 7 heteroatoms. The Kier molecular flexibility index (Phi) is 5.28. The molecule has 0 aliphatic carbocycles. The largest absolute Gasteiger partial charge is 0.490 e. The maximum absolute atomic E-state index is 10.9. The molecule has 0 spiro atoms. The molecule has 3 rings (SSSR count). The van der Waals surface area contributed by atoms with Crippen molar-refractivity contribution in [3.8, 4) is 5.75 Å². The average molecular weight is 352 g/mol. The van der Waals surface area contributed by atoms with E-state index in [9.17, 15) is 10.1 Å². The van der Waals surface area contributed by atoms with Crippen molar-refractivity contribution in [1.29, 1.82) is 0 Å². The zero-order valence-electron chi connectivity index (χ0n) is 14.5. The van der Waals surface area contributed by atoms with Gasteiger partial charge in [-0.15, -0.1) is 0 Å². The highest BCUT2D eigenvalue weighted by atomic mass is 16.6. The Balaban J connectivity index is 1.64. The lowest BCUT2D eigenvalue weighted by molar-refractivity contribution is -0.384. The minimum absolute atomic E-state index is 0.0554. The van der Waals surface area contributed by atoms with E-state index in [2.05, 4.69) is 21.4 Å². The van der Waals surface area contributed by atoms with E-state index >= 15 is 0 Å². The second-order valence-corrected chi connectivity index (χ2v) is 6.06. The number of H-pyrrole nitrogens is 1. The number of benzene rings is 2. The van der Waals surface area contributed by atoms with Crippen molar-refractivity contribution >= 4 is 16.7 Å². The van der Waals surface area contributed by atoms with Gasteiger partial charge in [-0.05, 0) is 30.8 Å². The molecule has 0 aliphatic rings. The Morgan fingerprint density at radius 2 is 2.04 bits per heavy atom. The number of imidazole rings is 1. The number of aromatic amines is 1. The topological polar surface area (TPSA) is 84.3 Å². The van der Waals surface area contributed by atoms with Crippen LogP contribution in [0.2, 0.25) is 0 Å². The van der Waals surface area contributed by atoms with Crippen LogP contribution in [0.5, 0.6) is 5.75 Å². The number of hydrogen-bond acceptors (Lipinski definition) is 5. The minimum atomic E-state index is -0.408. The van der Waals surface area contributed by atoms with Crippen LogP contribution >= 0.6 is 0 Å². The summed E-state index contributed by atoms with van der Waals surface area (Å²) in [5.41, 5.74) is 2.61. The lowest BCUT2D eigenvalue weighted by atomic mass is 10.2. The number of non-ortho nitro benzene ring substituents is 1. The Morgan fingerprint density at radius 3 is 2.73 bits per heavy atom. The standard InChI is InChI=1S/C19H20N4O3/c1-3-10-26-16-7-4-14(5-8-16)12-22(2)13-19-20-17-9-6-15(23(24)25)11-18(17)21-19/h3-9,11H,1,10,12-13H2,2H3,(H,20,21). The van der Waals surface area contributed by atoms with Crippen molar-refractivity contribution in [3.05, 3.63) is 76.6 Å². The number of nitrogens with one attached hydrogen (secondary N) is 1. The van der Waals surface area contributed by atoms with Crippen LogP contribution in [-0.2, 0) is 13.1 Å². The second-order valence-electron chi connectivity index (χ2n) is 6.06. The zero-order chi connectivity index (χ0) is 18.5.